The summed E-state index contributed by atoms with van der Waals surface area (Å²) in [5, 5.41) is 8.66. The first-order valence-corrected chi connectivity index (χ1v) is 5.88. The Morgan fingerprint density at radius 2 is 2.20 bits per heavy atom. The molecular formula is C13H12FN5O. The average Bonchev–Trinajstić information content (AvgIpc) is 2.47. The van der Waals surface area contributed by atoms with Crippen molar-refractivity contribution in [1.29, 1.82) is 5.26 Å². The van der Waals surface area contributed by atoms with E-state index >= 15 is 0 Å². The molecule has 2 aromatic rings. The summed E-state index contributed by atoms with van der Waals surface area (Å²) in [6.07, 6.45) is 0.605. The van der Waals surface area contributed by atoms with Gasteiger partial charge in [0.1, 0.15) is 29.3 Å². The number of nitrogens with zero attached hydrogens (tertiary/aromatic N) is 3. The third-order valence-electron chi connectivity index (χ3n) is 2.50. The van der Waals surface area contributed by atoms with Gasteiger partial charge in [-0.1, -0.05) is 6.92 Å². The van der Waals surface area contributed by atoms with Crippen LogP contribution in [0.5, 0.6) is 11.6 Å². The first-order valence-electron chi connectivity index (χ1n) is 5.88. The molecule has 0 bridgehead atoms. The zero-order valence-corrected chi connectivity index (χ0v) is 10.7. The van der Waals surface area contributed by atoms with Crippen LogP contribution in [0.4, 0.5) is 10.2 Å². The molecule has 0 radical (unpaired) electrons. The fourth-order valence-electron chi connectivity index (χ4n) is 1.53. The number of hydrogen-bond donors (Lipinski definition) is 2. The van der Waals surface area contributed by atoms with Crippen LogP contribution >= 0.6 is 0 Å². The molecule has 7 heteroatoms. The van der Waals surface area contributed by atoms with Crippen LogP contribution in [-0.2, 0) is 6.42 Å². The van der Waals surface area contributed by atoms with E-state index in [0.29, 0.717) is 18.1 Å². The number of hydrogen-bond acceptors (Lipinski definition) is 6. The molecule has 2 rings (SSSR count). The van der Waals surface area contributed by atoms with Crippen LogP contribution in [0.15, 0.2) is 24.3 Å². The molecule has 1 aromatic carbocycles. The van der Waals surface area contributed by atoms with Gasteiger partial charge >= 0.3 is 0 Å². The number of nitriles is 1. The van der Waals surface area contributed by atoms with Crippen molar-refractivity contribution < 1.29 is 9.13 Å². The highest BCUT2D eigenvalue weighted by Crippen LogP contribution is 2.23. The van der Waals surface area contributed by atoms with E-state index in [0.717, 1.165) is 6.07 Å². The normalized spacial score (nSPS) is 9.90. The maximum absolute atomic E-state index is 13.5. The molecule has 0 saturated carbocycles. The molecule has 0 spiro atoms. The highest BCUT2D eigenvalue weighted by molar-refractivity contribution is 5.41. The lowest BCUT2D eigenvalue weighted by Crippen LogP contribution is -2.10. The van der Waals surface area contributed by atoms with Crippen LogP contribution in [-0.4, -0.2) is 9.97 Å². The molecule has 0 fully saturated rings. The summed E-state index contributed by atoms with van der Waals surface area (Å²) in [7, 11) is 0. The van der Waals surface area contributed by atoms with Gasteiger partial charge in [-0.25, -0.2) is 15.2 Å². The number of benzene rings is 1. The molecule has 3 N–H and O–H groups in total. The minimum Gasteiger partial charge on any atom is -0.439 e. The van der Waals surface area contributed by atoms with Crippen molar-refractivity contribution in [2.45, 2.75) is 13.3 Å². The van der Waals surface area contributed by atoms with Crippen LogP contribution in [0, 0.1) is 17.1 Å². The third kappa shape index (κ3) is 2.99. The van der Waals surface area contributed by atoms with Gasteiger partial charge in [-0.3, -0.25) is 0 Å². The lowest BCUT2D eigenvalue weighted by atomic mass is 10.2. The van der Waals surface area contributed by atoms with E-state index < -0.39 is 5.82 Å². The number of aryl methyl sites for hydroxylation is 1. The van der Waals surface area contributed by atoms with Gasteiger partial charge in [-0.15, -0.1) is 0 Å². The minimum absolute atomic E-state index is 0.0430. The van der Waals surface area contributed by atoms with Crippen molar-refractivity contribution in [2.75, 3.05) is 5.43 Å². The Balaban J connectivity index is 2.30. The first-order chi connectivity index (χ1) is 9.66. The average molecular weight is 273 g/mol. The summed E-state index contributed by atoms with van der Waals surface area (Å²) >= 11 is 0. The molecule has 0 unspecified atom stereocenters. The zero-order valence-electron chi connectivity index (χ0n) is 10.7. The number of nitrogen functional groups attached to an aromatic ring is 1. The van der Waals surface area contributed by atoms with Crippen molar-refractivity contribution >= 4 is 5.82 Å². The molecule has 102 valence electrons. The molecule has 0 aliphatic carbocycles. The van der Waals surface area contributed by atoms with Crippen molar-refractivity contribution in [3.63, 3.8) is 0 Å². The molecule has 0 aliphatic heterocycles. The summed E-state index contributed by atoms with van der Waals surface area (Å²) in [5.41, 5.74) is 2.37. The second-order valence-electron chi connectivity index (χ2n) is 3.86. The second kappa shape index (κ2) is 5.95. The molecule has 0 atom stereocenters. The molecule has 0 saturated heterocycles. The number of aromatic nitrogens is 2. The smallest absolute Gasteiger partial charge is 0.224 e. The van der Waals surface area contributed by atoms with Crippen LogP contribution < -0.4 is 16.0 Å². The number of nitrogens with two attached hydrogens (primary N) is 1. The van der Waals surface area contributed by atoms with Crippen LogP contribution in [0.2, 0.25) is 0 Å². The fraction of sp³-hybridized carbons (Fsp3) is 0.154. The summed E-state index contributed by atoms with van der Waals surface area (Å²) in [6, 6.07) is 7.20. The lowest BCUT2D eigenvalue weighted by Gasteiger charge is -2.08. The SMILES string of the molecule is CCc1nc(NN)cc(Oc2ccc(C#N)c(F)c2)n1. The quantitative estimate of drug-likeness (QED) is 0.654. The summed E-state index contributed by atoms with van der Waals surface area (Å²) in [4.78, 5) is 8.26. The molecule has 6 nitrogen and oxygen atoms in total. The Hall–Kier alpha value is -2.72. The number of anilines is 1. The molecule has 1 heterocycles. The van der Waals surface area contributed by atoms with Crippen LogP contribution in [0.3, 0.4) is 0 Å². The lowest BCUT2D eigenvalue weighted by molar-refractivity contribution is 0.454. The van der Waals surface area contributed by atoms with Crippen molar-refractivity contribution in [3.05, 3.63) is 41.5 Å². The van der Waals surface area contributed by atoms with Gasteiger partial charge in [0.15, 0.2) is 0 Å². The molecule has 0 amide bonds. The molecule has 20 heavy (non-hydrogen) atoms. The van der Waals surface area contributed by atoms with E-state index in [1.165, 1.54) is 18.2 Å². The highest BCUT2D eigenvalue weighted by Gasteiger charge is 2.08. The van der Waals surface area contributed by atoms with Crippen molar-refractivity contribution in [2.24, 2.45) is 5.84 Å². The number of hydrazine groups is 1. The number of ether oxygens (including phenoxy) is 1. The maximum atomic E-state index is 13.5. The van der Waals surface area contributed by atoms with E-state index in [9.17, 15) is 4.39 Å². The monoisotopic (exact) mass is 273 g/mol. The van der Waals surface area contributed by atoms with E-state index in [1.54, 1.807) is 6.07 Å². The second-order valence-corrected chi connectivity index (χ2v) is 3.86. The summed E-state index contributed by atoms with van der Waals surface area (Å²) in [5.74, 6) is 6.09. The Kier molecular flexibility index (Phi) is 4.08. The highest BCUT2D eigenvalue weighted by atomic mass is 19.1. The van der Waals surface area contributed by atoms with Crippen molar-refractivity contribution in [3.8, 4) is 17.7 Å². The van der Waals surface area contributed by atoms with Gasteiger partial charge in [0.05, 0.1) is 5.56 Å². The van der Waals surface area contributed by atoms with Gasteiger partial charge in [0, 0.05) is 18.6 Å². The van der Waals surface area contributed by atoms with Crippen LogP contribution in [0.25, 0.3) is 0 Å². The third-order valence-corrected chi connectivity index (χ3v) is 2.50. The summed E-state index contributed by atoms with van der Waals surface area (Å²) < 4.78 is 18.9. The van der Waals surface area contributed by atoms with Crippen LogP contribution in [0.1, 0.15) is 18.3 Å². The zero-order chi connectivity index (χ0) is 14.5. The van der Waals surface area contributed by atoms with E-state index in [1.807, 2.05) is 6.92 Å². The number of rotatable bonds is 4. The number of nitrogens with one attached hydrogen (secondary N) is 1. The minimum atomic E-state index is -0.646. The van der Waals surface area contributed by atoms with E-state index in [4.69, 9.17) is 15.8 Å². The van der Waals surface area contributed by atoms with Gasteiger partial charge in [0.2, 0.25) is 5.88 Å². The van der Waals surface area contributed by atoms with E-state index in [-0.39, 0.29) is 17.2 Å². The topological polar surface area (TPSA) is 96.9 Å². The van der Waals surface area contributed by atoms with Crippen molar-refractivity contribution in [1.82, 2.24) is 9.97 Å². The number of halogens is 1. The molecular weight excluding hydrogens is 261 g/mol. The van der Waals surface area contributed by atoms with Gasteiger partial charge in [0.25, 0.3) is 0 Å². The predicted octanol–water partition coefficient (Wildman–Crippen LogP) is 2.13. The van der Waals surface area contributed by atoms with Gasteiger partial charge in [-0.05, 0) is 12.1 Å². The molecule has 0 aliphatic rings. The van der Waals surface area contributed by atoms with Gasteiger partial charge in [-0.2, -0.15) is 10.2 Å². The van der Waals surface area contributed by atoms with Gasteiger partial charge < -0.3 is 10.2 Å². The molecule has 1 aromatic heterocycles. The van der Waals surface area contributed by atoms with E-state index in [2.05, 4.69) is 15.4 Å². The first kappa shape index (κ1) is 13.7. The maximum Gasteiger partial charge on any atom is 0.224 e. The Labute approximate surface area is 115 Å². The standard InChI is InChI=1S/C13H12FN5O/c1-2-11-17-12(19-16)6-13(18-11)20-9-4-3-8(7-15)10(14)5-9/h3-6H,2,16H2,1H3,(H,17,18,19). The fourth-order valence-corrected chi connectivity index (χ4v) is 1.53. The Bertz CT molecular complexity index is 646. The Morgan fingerprint density at radius 3 is 2.80 bits per heavy atom. The largest absolute Gasteiger partial charge is 0.439 e. The Morgan fingerprint density at radius 1 is 1.40 bits per heavy atom. The predicted molar refractivity (Wildman–Crippen MR) is 70.4 cm³/mol. The summed E-state index contributed by atoms with van der Waals surface area (Å²) in [6.45, 7) is 1.89.